The first kappa shape index (κ1) is 25.3. The number of nitrogens with one attached hydrogen (secondary N) is 2. The van der Waals surface area contributed by atoms with E-state index in [4.69, 9.17) is 4.42 Å². The van der Waals surface area contributed by atoms with E-state index in [2.05, 4.69) is 21.7 Å². The molecule has 2 N–H and O–H groups in total. The SMILES string of the molecule is Cc1cc2cc(N/C(N[C@H]3CCCCN(CC(=O)N4CCCC4)C3=O)=C(\C#N)c3ccccn3)ccc2o1. The number of fused-ring (bicyclic) bond motifs is 1. The Balaban J connectivity index is 1.43. The molecule has 3 aromatic rings. The minimum absolute atomic E-state index is 0.000276. The molecule has 5 rings (SSSR count). The third kappa shape index (κ3) is 5.65. The van der Waals surface area contributed by atoms with E-state index in [1.807, 2.05) is 42.2 Å². The number of anilines is 1. The van der Waals surface area contributed by atoms with Gasteiger partial charge in [0.05, 0.1) is 12.2 Å². The summed E-state index contributed by atoms with van der Waals surface area (Å²) < 4.78 is 5.70. The number of hydrogen-bond acceptors (Lipinski definition) is 7. The maximum absolute atomic E-state index is 13.6. The summed E-state index contributed by atoms with van der Waals surface area (Å²) in [5.74, 6) is 1.08. The molecule has 2 saturated heterocycles. The van der Waals surface area contributed by atoms with E-state index in [9.17, 15) is 14.9 Å². The largest absolute Gasteiger partial charge is 0.461 e. The van der Waals surface area contributed by atoms with E-state index in [1.54, 1.807) is 23.2 Å². The molecule has 196 valence electrons. The summed E-state index contributed by atoms with van der Waals surface area (Å²) >= 11 is 0. The van der Waals surface area contributed by atoms with Crippen LogP contribution in [0.4, 0.5) is 5.69 Å². The van der Waals surface area contributed by atoms with Crippen LogP contribution >= 0.6 is 0 Å². The summed E-state index contributed by atoms with van der Waals surface area (Å²) in [5.41, 5.74) is 2.30. The molecule has 2 fully saturated rings. The van der Waals surface area contributed by atoms with Crippen molar-refractivity contribution >= 4 is 34.0 Å². The van der Waals surface area contributed by atoms with Crippen LogP contribution in [0.3, 0.4) is 0 Å². The van der Waals surface area contributed by atoms with Crippen LogP contribution in [0, 0.1) is 18.3 Å². The lowest BCUT2D eigenvalue weighted by molar-refractivity contribution is -0.140. The van der Waals surface area contributed by atoms with Crippen LogP contribution in [-0.4, -0.2) is 58.8 Å². The molecule has 38 heavy (non-hydrogen) atoms. The zero-order valence-corrected chi connectivity index (χ0v) is 21.6. The zero-order chi connectivity index (χ0) is 26.5. The van der Waals surface area contributed by atoms with Gasteiger partial charge in [-0.3, -0.25) is 14.6 Å². The zero-order valence-electron chi connectivity index (χ0n) is 21.6. The Kier molecular flexibility index (Phi) is 7.59. The van der Waals surface area contributed by atoms with Gasteiger partial charge in [0, 0.05) is 36.9 Å². The second kappa shape index (κ2) is 11.4. The number of carbonyl (C=O) groups excluding carboxylic acids is 2. The first-order valence-corrected chi connectivity index (χ1v) is 13.2. The molecule has 9 nitrogen and oxygen atoms in total. The fourth-order valence-electron chi connectivity index (χ4n) is 5.12. The first-order valence-electron chi connectivity index (χ1n) is 13.2. The first-order chi connectivity index (χ1) is 18.5. The normalized spacial score (nSPS) is 18.6. The van der Waals surface area contributed by atoms with Crippen molar-refractivity contribution in [1.29, 1.82) is 5.26 Å². The maximum atomic E-state index is 13.6. The average molecular weight is 513 g/mol. The standard InChI is InChI=1S/C29H32N6O3/c1-20-16-21-17-22(10-11-26(21)38-20)32-28(23(18-30)24-8-2-4-12-31-24)33-25-9-3-5-15-35(29(25)37)19-27(36)34-13-6-7-14-34/h2,4,8,10-12,16-17,25,32-33H,3,5-7,9,13-15,19H2,1H3/b28-23-/t25-/m0/s1. The lowest BCUT2D eigenvalue weighted by Crippen LogP contribution is -2.49. The summed E-state index contributed by atoms with van der Waals surface area (Å²) in [4.78, 5) is 34.3. The summed E-state index contributed by atoms with van der Waals surface area (Å²) in [5, 5.41) is 17.8. The number of nitrogens with zero attached hydrogens (tertiary/aromatic N) is 4. The highest BCUT2D eigenvalue weighted by atomic mass is 16.3. The number of furan rings is 1. The van der Waals surface area contributed by atoms with Crippen molar-refractivity contribution in [2.45, 2.75) is 45.1 Å². The molecule has 0 saturated carbocycles. The Labute approximate surface area is 222 Å². The van der Waals surface area contributed by atoms with Gasteiger partial charge >= 0.3 is 0 Å². The van der Waals surface area contributed by atoms with E-state index in [0.29, 0.717) is 30.1 Å². The van der Waals surface area contributed by atoms with Crippen LogP contribution in [-0.2, 0) is 9.59 Å². The van der Waals surface area contributed by atoms with Crippen LogP contribution < -0.4 is 10.6 Å². The topological polar surface area (TPSA) is 114 Å². The van der Waals surface area contributed by atoms with E-state index >= 15 is 0 Å². The van der Waals surface area contributed by atoms with Crippen molar-refractivity contribution in [3.8, 4) is 6.07 Å². The number of likely N-dealkylation sites (tertiary alicyclic amines) is 2. The molecule has 0 spiro atoms. The van der Waals surface area contributed by atoms with Crippen molar-refractivity contribution in [3.05, 3.63) is 65.9 Å². The lowest BCUT2D eigenvalue weighted by Gasteiger charge is -2.28. The van der Waals surface area contributed by atoms with Crippen LogP contribution in [0.25, 0.3) is 16.5 Å². The summed E-state index contributed by atoms with van der Waals surface area (Å²) in [6.45, 7) is 4.05. The van der Waals surface area contributed by atoms with Gasteiger partial charge in [0.25, 0.3) is 0 Å². The Bertz CT molecular complexity index is 1380. The Morgan fingerprint density at radius 1 is 1.13 bits per heavy atom. The van der Waals surface area contributed by atoms with Crippen LogP contribution in [0.2, 0.25) is 0 Å². The number of benzene rings is 1. The molecule has 1 aromatic carbocycles. The quantitative estimate of drug-likeness (QED) is 0.459. The predicted molar refractivity (Wildman–Crippen MR) is 145 cm³/mol. The van der Waals surface area contributed by atoms with Gasteiger partial charge in [0.1, 0.15) is 34.8 Å². The summed E-state index contributed by atoms with van der Waals surface area (Å²) in [6, 6.07) is 14.7. The Morgan fingerprint density at radius 3 is 2.71 bits per heavy atom. The second-order valence-electron chi connectivity index (χ2n) is 9.85. The number of aromatic nitrogens is 1. The number of carbonyl (C=O) groups is 2. The van der Waals surface area contributed by atoms with E-state index in [1.165, 1.54) is 0 Å². The molecule has 2 aromatic heterocycles. The van der Waals surface area contributed by atoms with Gasteiger partial charge in [-0.25, -0.2) is 0 Å². The van der Waals surface area contributed by atoms with Gasteiger partial charge in [-0.1, -0.05) is 6.07 Å². The third-order valence-corrected chi connectivity index (χ3v) is 7.08. The van der Waals surface area contributed by atoms with Crippen LogP contribution in [0.5, 0.6) is 0 Å². The molecular weight excluding hydrogens is 480 g/mol. The third-order valence-electron chi connectivity index (χ3n) is 7.08. The van der Waals surface area contributed by atoms with Gasteiger partial charge in [-0.05, 0) is 75.4 Å². The minimum Gasteiger partial charge on any atom is -0.461 e. The summed E-state index contributed by atoms with van der Waals surface area (Å²) in [7, 11) is 0. The number of hydrogen-bond donors (Lipinski definition) is 2. The fraction of sp³-hybridized carbons (Fsp3) is 0.379. The highest BCUT2D eigenvalue weighted by Gasteiger charge is 2.31. The van der Waals surface area contributed by atoms with Crippen LogP contribution in [0.15, 0.2) is 58.9 Å². The molecule has 2 aliphatic heterocycles. The van der Waals surface area contributed by atoms with Gasteiger partial charge in [-0.2, -0.15) is 5.26 Å². The average Bonchev–Trinajstić information content (AvgIpc) is 3.55. The molecule has 0 radical (unpaired) electrons. The van der Waals surface area contributed by atoms with Crippen LogP contribution in [0.1, 0.15) is 43.6 Å². The van der Waals surface area contributed by atoms with E-state index in [-0.39, 0.29) is 18.4 Å². The number of rotatable bonds is 7. The molecular formula is C29H32N6O3. The maximum Gasteiger partial charge on any atom is 0.245 e. The van der Waals surface area contributed by atoms with Gasteiger partial charge in [0.15, 0.2) is 0 Å². The lowest BCUT2D eigenvalue weighted by atomic mass is 10.1. The summed E-state index contributed by atoms with van der Waals surface area (Å²) in [6.07, 6.45) is 5.91. The van der Waals surface area contributed by atoms with Crippen molar-refractivity contribution in [1.82, 2.24) is 20.1 Å². The van der Waals surface area contributed by atoms with E-state index < -0.39 is 6.04 Å². The Hall–Kier alpha value is -4.32. The van der Waals surface area contributed by atoms with Gasteiger partial charge in [0.2, 0.25) is 11.8 Å². The molecule has 4 heterocycles. The number of allylic oxidation sites excluding steroid dienone is 1. The number of amides is 2. The highest BCUT2D eigenvalue weighted by Crippen LogP contribution is 2.25. The Morgan fingerprint density at radius 2 is 1.95 bits per heavy atom. The molecule has 2 aliphatic rings. The van der Waals surface area contributed by atoms with Gasteiger partial charge in [-0.15, -0.1) is 0 Å². The fourth-order valence-corrected chi connectivity index (χ4v) is 5.12. The molecule has 9 heteroatoms. The molecule has 1 atom stereocenters. The highest BCUT2D eigenvalue weighted by molar-refractivity contribution is 5.89. The molecule has 0 unspecified atom stereocenters. The number of nitriles is 1. The monoisotopic (exact) mass is 512 g/mol. The van der Waals surface area contributed by atoms with Crippen molar-refractivity contribution < 1.29 is 14.0 Å². The minimum atomic E-state index is -0.585. The smallest absolute Gasteiger partial charge is 0.245 e. The number of pyridine rings is 1. The predicted octanol–water partition coefficient (Wildman–Crippen LogP) is 4.03. The van der Waals surface area contributed by atoms with Crippen molar-refractivity contribution in [2.24, 2.45) is 0 Å². The molecule has 2 amide bonds. The van der Waals surface area contributed by atoms with Gasteiger partial charge < -0.3 is 24.9 Å². The number of aryl methyl sites for hydroxylation is 1. The molecule has 0 bridgehead atoms. The van der Waals surface area contributed by atoms with E-state index in [0.717, 1.165) is 61.2 Å². The second-order valence-corrected chi connectivity index (χ2v) is 9.85. The van der Waals surface area contributed by atoms with Crippen molar-refractivity contribution in [3.63, 3.8) is 0 Å². The van der Waals surface area contributed by atoms with Crippen molar-refractivity contribution in [2.75, 3.05) is 31.5 Å². The molecule has 0 aliphatic carbocycles.